The lowest BCUT2D eigenvalue weighted by Gasteiger charge is -2.45. The van der Waals surface area contributed by atoms with Crippen LogP contribution in [0.4, 0.5) is 10.1 Å². The molecule has 3 N–H and O–H groups in total. The SMILES string of the molecule is C=C1C=C2CN3CC(C)OC3C3CCC(=C1C(=C)NCc1cccc(N)c1F)N23. The number of allylic oxidation sites excluding steroid dienone is 3. The number of hydrogen-bond donors (Lipinski definition) is 2. The molecule has 1 aromatic carbocycles. The van der Waals surface area contributed by atoms with Crippen LogP contribution < -0.4 is 11.1 Å². The van der Waals surface area contributed by atoms with Gasteiger partial charge >= 0.3 is 0 Å². The minimum atomic E-state index is -0.375. The Labute approximate surface area is 171 Å². The highest BCUT2D eigenvalue weighted by Crippen LogP contribution is 2.46. The third-order valence-corrected chi connectivity index (χ3v) is 6.38. The van der Waals surface area contributed by atoms with E-state index < -0.39 is 0 Å². The van der Waals surface area contributed by atoms with Crippen molar-refractivity contribution >= 4 is 5.69 Å². The summed E-state index contributed by atoms with van der Waals surface area (Å²) < 4.78 is 20.5. The average Bonchev–Trinajstić information content (AvgIpc) is 3.27. The Morgan fingerprint density at radius 1 is 1.41 bits per heavy atom. The van der Waals surface area contributed by atoms with Gasteiger partial charge in [-0.25, -0.2) is 4.39 Å². The summed E-state index contributed by atoms with van der Waals surface area (Å²) in [7, 11) is 0. The highest BCUT2D eigenvalue weighted by atomic mass is 19.1. The van der Waals surface area contributed by atoms with Crippen molar-refractivity contribution in [3.05, 3.63) is 77.1 Å². The number of benzene rings is 1. The minimum Gasteiger partial charge on any atom is -0.396 e. The van der Waals surface area contributed by atoms with Gasteiger partial charge in [-0.1, -0.05) is 25.3 Å². The molecule has 0 bridgehead atoms. The molecule has 5 rings (SSSR count). The normalized spacial score (nSPS) is 28.3. The molecule has 152 valence electrons. The van der Waals surface area contributed by atoms with Crippen molar-refractivity contribution in [3.63, 3.8) is 0 Å². The zero-order chi connectivity index (χ0) is 20.3. The van der Waals surface area contributed by atoms with E-state index in [1.54, 1.807) is 18.2 Å². The van der Waals surface area contributed by atoms with Gasteiger partial charge in [-0.05, 0) is 37.5 Å². The van der Waals surface area contributed by atoms with Gasteiger partial charge in [0.1, 0.15) is 6.23 Å². The van der Waals surface area contributed by atoms with Gasteiger partial charge in [0.05, 0.1) is 17.8 Å². The minimum absolute atomic E-state index is 0.148. The molecule has 4 heterocycles. The number of piperazine rings is 1. The Morgan fingerprint density at radius 3 is 3.07 bits per heavy atom. The van der Waals surface area contributed by atoms with Crippen LogP contribution in [0.3, 0.4) is 0 Å². The maximum Gasteiger partial charge on any atom is 0.151 e. The fourth-order valence-corrected chi connectivity index (χ4v) is 5.18. The third-order valence-electron chi connectivity index (χ3n) is 6.38. The van der Waals surface area contributed by atoms with Crippen molar-refractivity contribution in [1.29, 1.82) is 0 Å². The lowest BCUT2D eigenvalue weighted by molar-refractivity contribution is -0.0523. The van der Waals surface area contributed by atoms with E-state index in [9.17, 15) is 4.39 Å². The number of nitrogens with two attached hydrogens (primary N) is 1. The van der Waals surface area contributed by atoms with Crippen molar-refractivity contribution in [2.45, 2.75) is 44.7 Å². The summed E-state index contributed by atoms with van der Waals surface area (Å²) in [6.07, 6.45) is 4.60. The zero-order valence-corrected chi connectivity index (χ0v) is 16.7. The third kappa shape index (κ3) is 2.90. The van der Waals surface area contributed by atoms with E-state index in [1.165, 1.54) is 11.4 Å². The van der Waals surface area contributed by atoms with Crippen molar-refractivity contribution in [3.8, 4) is 0 Å². The molecule has 5 nitrogen and oxygen atoms in total. The van der Waals surface area contributed by atoms with E-state index in [1.807, 2.05) is 0 Å². The molecule has 0 radical (unpaired) electrons. The van der Waals surface area contributed by atoms with Crippen molar-refractivity contribution in [2.24, 2.45) is 0 Å². The molecule has 3 unspecified atom stereocenters. The number of nitrogens with one attached hydrogen (secondary N) is 1. The molecule has 4 aliphatic heterocycles. The molecule has 29 heavy (non-hydrogen) atoms. The lowest BCUT2D eigenvalue weighted by atomic mass is 9.95. The molecular weight excluding hydrogens is 367 g/mol. The number of rotatable bonds is 4. The van der Waals surface area contributed by atoms with Gasteiger partial charge in [-0.3, -0.25) is 4.90 Å². The van der Waals surface area contributed by atoms with Crippen LogP contribution in [0.2, 0.25) is 0 Å². The Morgan fingerprint density at radius 2 is 2.24 bits per heavy atom. The van der Waals surface area contributed by atoms with E-state index in [-0.39, 0.29) is 23.8 Å². The van der Waals surface area contributed by atoms with Crippen molar-refractivity contribution in [1.82, 2.24) is 15.1 Å². The molecule has 6 heteroatoms. The Bertz CT molecular complexity index is 966. The molecule has 3 fully saturated rings. The molecule has 0 saturated carbocycles. The summed E-state index contributed by atoms with van der Waals surface area (Å²) in [5, 5.41) is 3.29. The lowest BCUT2D eigenvalue weighted by Crippen LogP contribution is -2.53. The first-order valence-electron chi connectivity index (χ1n) is 10.2. The highest BCUT2D eigenvalue weighted by Gasteiger charge is 2.49. The van der Waals surface area contributed by atoms with E-state index in [0.717, 1.165) is 42.8 Å². The van der Waals surface area contributed by atoms with Crippen molar-refractivity contribution in [2.75, 3.05) is 18.8 Å². The van der Waals surface area contributed by atoms with Crippen LogP contribution in [0, 0.1) is 5.82 Å². The number of hydrogen-bond acceptors (Lipinski definition) is 5. The second-order valence-electron chi connectivity index (χ2n) is 8.38. The van der Waals surface area contributed by atoms with E-state index in [2.05, 4.69) is 41.3 Å². The predicted octanol–water partition coefficient (Wildman–Crippen LogP) is 3.24. The summed E-state index contributed by atoms with van der Waals surface area (Å²) in [6, 6.07) is 5.40. The van der Waals surface area contributed by atoms with Gasteiger partial charge in [-0.15, -0.1) is 0 Å². The number of nitrogen functional groups attached to an aromatic ring is 1. The standard InChI is InChI=1S/C23H27FN4O/c1-13-9-17-12-27-11-14(2)29-23(27)20-8-7-19(28(17)20)21(13)15(3)26-10-16-5-4-6-18(25)22(16)24/h4-6,9,14,20,23,26H,1,3,7-8,10-12,25H2,2H3. The summed E-state index contributed by atoms with van der Waals surface area (Å²) >= 11 is 0. The first kappa shape index (κ1) is 18.5. The first-order chi connectivity index (χ1) is 13.9. The fraction of sp³-hybridized carbons (Fsp3) is 0.391. The molecule has 0 aliphatic carbocycles. The van der Waals surface area contributed by atoms with Gasteiger partial charge in [0, 0.05) is 47.9 Å². The van der Waals surface area contributed by atoms with Gasteiger partial charge in [-0.2, -0.15) is 0 Å². The largest absolute Gasteiger partial charge is 0.396 e. The van der Waals surface area contributed by atoms with E-state index >= 15 is 0 Å². The first-order valence-corrected chi connectivity index (χ1v) is 10.2. The quantitative estimate of drug-likeness (QED) is 0.768. The Kier molecular flexibility index (Phi) is 4.29. The molecule has 4 aliphatic rings. The van der Waals surface area contributed by atoms with Gasteiger partial charge in [0.2, 0.25) is 0 Å². The summed E-state index contributed by atoms with van der Waals surface area (Å²) in [5.74, 6) is -0.375. The second-order valence-corrected chi connectivity index (χ2v) is 8.38. The number of fused-ring (bicyclic) bond motifs is 2. The molecule has 0 aromatic heterocycles. The maximum atomic E-state index is 14.2. The van der Waals surface area contributed by atoms with E-state index in [4.69, 9.17) is 10.5 Å². The second kappa shape index (κ2) is 6.75. The molecule has 0 amide bonds. The summed E-state index contributed by atoms with van der Waals surface area (Å²) in [5.41, 5.74) is 11.7. The topological polar surface area (TPSA) is 53.8 Å². The maximum absolute atomic E-state index is 14.2. The van der Waals surface area contributed by atoms with Gasteiger partial charge in [0.25, 0.3) is 0 Å². The molecule has 3 atom stereocenters. The Balaban J connectivity index is 1.40. The van der Waals surface area contributed by atoms with Crippen LogP contribution in [0.15, 0.2) is 65.7 Å². The number of halogens is 1. The number of ether oxygens (including phenoxy) is 1. The van der Waals surface area contributed by atoms with Crippen LogP contribution in [-0.2, 0) is 11.3 Å². The monoisotopic (exact) mass is 394 g/mol. The zero-order valence-electron chi connectivity index (χ0n) is 16.7. The Hall–Kier alpha value is -2.57. The van der Waals surface area contributed by atoms with Crippen LogP contribution in [0.25, 0.3) is 0 Å². The van der Waals surface area contributed by atoms with Gasteiger partial charge in [0.15, 0.2) is 5.82 Å². The highest BCUT2D eigenvalue weighted by molar-refractivity contribution is 5.57. The summed E-state index contributed by atoms with van der Waals surface area (Å²) in [4.78, 5) is 4.88. The van der Waals surface area contributed by atoms with E-state index in [0.29, 0.717) is 18.2 Å². The smallest absolute Gasteiger partial charge is 0.151 e. The molecule has 3 saturated heterocycles. The summed E-state index contributed by atoms with van der Waals surface area (Å²) in [6.45, 7) is 12.9. The number of anilines is 1. The van der Waals surface area contributed by atoms with Gasteiger partial charge < -0.3 is 20.7 Å². The predicted molar refractivity (Wildman–Crippen MR) is 112 cm³/mol. The average molecular weight is 394 g/mol. The molecular formula is C23H27FN4O. The van der Waals surface area contributed by atoms with Crippen LogP contribution in [0.5, 0.6) is 0 Å². The fourth-order valence-electron chi connectivity index (χ4n) is 5.18. The number of nitrogens with zero attached hydrogens (tertiary/aromatic N) is 2. The molecule has 1 aromatic rings. The van der Waals surface area contributed by atoms with Crippen molar-refractivity contribution < 1.29 is 9.13 Å². The van der Waals surface area contributed by atoms with Crippen LogP contribution >= 0.6 is 0 Å². The van der Waals surface area contributed by atoms with Crippen LogP contribution in [-0.4, -0.2) is 41.3 Å². The molecule has 0 spiro atoms. The van der Waals surface area contributed by atoms with Crippen LogP contribution in [0.1, 0.15) is 25.3 Å².